The highest BCUT2D eigenvalue weighted by Gasteiger charge is 2.28. The van der Waals surface area contributed by atoms with Crippen molar-refractivity contribution in [3.63, 3.8) is 0 Å². The van der Waals surface area contributed by atoms with Crippen LogP contribution in [0.5, 0.6) is 5.75 Å². The summed E-state index contributed by atoms with van der Waals surface area (Å²) >= 11 is 3.15. The Kier molecular flexibility index (Phi) is 5.40. The Bertz CT molecular complexity index is 1310. The van der Waals surface area contributed by atoms with E-state index in [0.717, 1.165) is 37.1 Å². The molecule has 0 aliphatic carbocycles. The lowest BCUT2D eigenvalue weighted by molar-refractivity contribution is -0.129. The molecule has 8 heteroatoms. The van der Waals surface area contributed by atoms with Gasteiger partial charge in [0.15, 0.2) is 0 Å². The van der Waals surface area contributed by atoms with Crippen LogP contribution in [0.25, 0.3) is 20.8 Å². The molecule has 6 nitrogen and oxygen atoms in total. The summed E-state index contributed by atoms with van der Waals surface area (Å²) in [6.07, 6.45) is 0.742. The number of ether oxygens (including phenoxy) is 1. The fourth-order valence-corrected chi connectivity index (χ4v) is 6.27. The smallest absolute Gasteiger partial charge is 0.256 e. The maximum atomic E-state index is 13.1. The fourth-order valence-electron chi connectivity index (χ4n) is 3.91. The molecular formula is C24H21N3O3S2. The minimum absolute atomic E-state index is 0.0625. The molecule has 0 atom stereocenters. The maximum Gasteiger partial charge on any atom is 0.256 e. The molecule has 2 aromatic carbocycles. The van der Waals surface area contributed by atoms with E-state index in [1.807, 2.05) is 29.2 Å². The number of hydrogen-bond acceptors (Lipinski definition) is 6. The Hall–Kier alpha value is -3.23. The summed E-state index contributed by atoms with van der Waals surface area (Å²) in [6, 6.07) is 15.1. The van der Waals surface area contributed by atoms with E-state index in [1.54, 1.807) is 43.6 Å². The molecule has 32 heavy (non-hydrogen) atoms. The zero-order valence-corrected chi connectivity index (χ0v) is 19.3. The van der Waals surface area contributed by atoms with Gasteiger partial charge in [-0.15, -0.1) is 22.7 Å². The standard InChI is InChI=1S/C24H21N3O3S2/c1-14(28)27-11-10-17-20(13-27)32-24(26-22(29)15-6-5-7-16(12-15)30-2)21(17)23-25-18-8-3-4-9-19(18)31-23/h3-9,12H,10-11,13H2,1-2H3,(H,26,29). The van der Waals surface area contributed by atoms with Crippen LogP contribution in [0.1, 0.15) is 27.7 Å². The van der Waals surface area contributed by atoms with Crippen molar-refractivity contribution in [2.24, 2.45) is 0 Å². The summed E-state index contributed by atoms with van der Waals surface area (Å²) in [5.74, 6) is 0.493. The molecule has 4 aromatic rings. The minimum Gasteiger partial charge on any atom is -0.497 e. The van der Waals surface area contributed by atoms with Crippen molar-refractivity contribution in [2.75, 3.05) is 19.0 Å². The van der Waals surface area contributed by atoms with E-state index >= 15 is 0 Å². The van der Waals surface area contributed by atoms with Crippen LogP contribution < -0.4 is 10.1 Å². The lowest BCUT2D eigenvalue weighted by Crippen LogP contribution is -2.33. The number of para-hydroxylation sites is 1. The van der Waals surface area contributed by atoms with Crippen LogP contribution in [0, 0.1) is 0 Å². The first-order chi connectivity index (χ1) is 15.5. The zero-order valence-electron chi connectivity index (χ0n) is 17.7. The number of carbonyl (C=O) groups excluding carboxylic acids is 2. The molecule has 3 heterocycles. The number of methoxy groups -OCH3 is 1. The molecule has 0 unspecified atom stereocenters. The van der Waals surface area contributed by atoms with Gasteiger partial charge in [-0.1, -0.05) is 18.2 Å². The van der Waals surface area contributed by atoms with Gasteiger partial charge in [-0.05, 0) is 42.3 Å². The quantitative estimate of drug-likeness (QED) is 0.452. The average Bonchev–Trinajstić information content (AvgIpc) is 3.38. The van der Waals surface area contributed by atoms with Gasteiger partial charge >= 0.3 is 0 Å². The first kappa shape index (κ1) is 20.7. The average molecular weight is 464 g/mol. The van der Waals surface area contributed by atoms with Gasteiger partial charge in [0.1, 0.15) is 15.8 Å². The van der Waals surface area contributed by atoms with E-state index in [1.165, 1.54) is 16.9 Å². The van der Waals surface area contributed by atoms with E-state index < -0.39 is 0 Å². The summed E-state index contributed by atoms with van der Waals surface area (Å²) in [6.45, 7) is 2.82. The molecule has 5 rings (SSSR count). The molecule has 1 aliphatic heterocycles. The summed E-state index contributed by atoms with van der Waals surface area (Å²) in [7, 11) is 1.58. The second-order valence-corrected chi connectivity index (χ2v) is 9.71. The number of thiophene rings is 1. The summed E-state index contributed by atoms with van der Waals surface area (Å²) in [5, 5.41) is 4.77. The minimum atomic E-state index is -0.201. The Balaban J connectivity index is 1.58. The molecule has 2 amide bonds. The third-order valence-corrected chi connectivity index (χ3v) is 7.76. The van der Waals surface area contributed by atoms with Gasteiger partial charge < -0.3 is 15.0 Å². The molecular weight excluding hydrogens is 442 g/mol. The van der Waals surface area contributed by atoms with Crippen LogP contribution in [0.2, 0.25) is 0 Å². The van der Waals surface area contributed by atoms with Gasteiger partial charge in [0.2, 0.25) is 5.91 Å². The Morgan fingerprint density at radius 2 is 1.97 bits per heavy atom. The van der Waals surface area contributed by atoms with E-state index in [9.17, 15) is 9.59 Å². The van der Waals surface area contributed by atoms with Crippen molar-refractivity contribution < 1.29 is 14.3 Å². The number of fused-ring (bicyclic) bond motifs is 2. The molecule has 1 aliphatic rings. The van der Waals surface area contributed by atoms with Crippen molar-refractivity contribution >= 4 is 49.7 Å². The van der Waals surface area contributed by atoms with Gasteiger partial charge in [-0.25, -0.2) is 4.98 Å². The number of carbonyl (C=O) groups is 2. The van der Waals surface area contributed by atoms with Gasteiger partial charge in [0, 0.05) is 29.5 Å². The first-order valence-electron chi connectivity index (χ1n) is 10.2. The second kappa shape index (κ2) is 8.37. The van der Waals surface area contributed by atoms with Crippen molar-refractivity contribution in [1.29, 1.82) is 0 Å². The normalized spacial score (nSPS) is 13.1. The zero-order chi connectivity index (χ0) is 22.2. The molecule has 162 valence electrons. The number of benzene rings is 2. The SMILES string of the molecule is COc1cccc(C(=O)Nc2sc3c(c2-c2nc4ccccc4s2)CCN(C(C)=O)C3)c1. The van der Waals surface area contributed by atoms with Crippen LogP contribution in [0.3, 0.4) is 0 Å². The van der Waals surface area contributed by atoms with Crippen molar-refractivity contribution in [3.8, 4) is 16.3 Å². The molecule has 0 fully saturated rings. The molecule has 0 spiro atoms. The monoisotopic (exact) mass is 463 g/mol. The summed E-state index contributed by atoms with van der Waals surface area (Å²) in [5.41, 5.74) is 3.62. The molecule has 0 saturated carbocycles. The summed E-state index contributed by atoms with van der Waals surface area (Å²) in [4.78, 5) is 32.8. The highest BCUT2D eigenvalue weighted by molar-refractivity contribution is 7.23. The molecule has 0 radical (unpaired) electrons. The van der Waals surface area contributed by atoms with Gasteiger partial charge in [0.05, 0.1) is 23.9 Å². The van der Waals surface area contributed by atoms with E-state index in [4.69, 9.17) is 9.72 Å². The second-order valence-electron chi connectivity index (χ2n) is 7.57. The van der Waals surface area contributed by atoms with Gasteiger partial charge in [-0.3, -0.25) is 9.59 Å². The number of amides is 2. The third kappa shape index (κ3) is 3.76. The molecule has 0 bridgehead atoms. The first-order valence-corrected chi connectivity index (χ1v) is 11.9. The van der Waals surface area contributed by atoms with Gasteiger partial charge in [0.25, 0.3) is 5.91 Å². The van der Waals surface area contributed by atoms with Crippen LogP contribution in [-0.4, -0.2) is 35.4 Å². The van der Waals surface area contributed by atoms with Crippen molar-refractivity contribution in [2.45, 2.75) is 19.9 Å². The fraction of sp³-hybridized carbons (Fsp3) is 0.208. The van der Waals surface area contributed by atoms with E-state index in [2.05, 4.69) is 11.4 Å². The summed E-state index contributed by atoms with van der Waals surface area (Å²) < 4.78 is 6.36. The molecule has 1 N–H and O–H groups in total. The number of hydrogen-bond donors (Lipinski definition) is 1. The van der Waals surface area contributed by atoms with Crippen molar-refractivity contribution in [1.82, 2.24) is 9.88 Å². The lowest BCUT2D eigenvalue weighted by atomic mass is 10.0. The predicted molar refractivity (Wildman–Crippen MR) is 129 cm³/mol. The predicted octanol–water partition coefficient (Wildman–Crippen LogP) is 5.19. The molecule has 0 saturated heterocycles. The molecule has 2 aromatic heterocycles. The Morgan fingerprint density at radius 1 is 1.12 bits per heavy atom. The highest BCUT2D eigenvalue weighted by atomic mass is 32.1. The topological polar surface area (TPSA) is 71.5 Å². The maximum absolute atomic E-state index is 13.1. The van der Waals surface area contributed by atoms with E-state index in [0.29, 0.717) is 24.4 Å². The van der Waals surface area contributed by atoms with Crippen molar-refractivity contribution in [3.05, 3.63) is 64.5 Å². The largest absolute Gasteiger partial charge is 0.497 e. The number of thiazole rings is 1. The van der Waals surface area contributed by atoms with Gasteiger partial charge in [-0.2, -0.15) is 0 Å². The lowest BCUT2D eigenvalue weighted by Gasteiger charge is -2.26. The third-order valence-electron chi connectivity index (χ3n) is 5.57. The Morgan fingerprint density at radius 3 is 2.75 bits per heavy atom. The van der Waals surface area contributed by atoms with Crippen LogP contribution in [-0.2, 0) is 17.8 Å². The van der Waals surface area contributed by atoms with Crippen LogP contribution in [0.15, 0.2) is 48.5 Å². The van der Waals surface area contributed by atoms with Crippen LogP contribution >= 0.6 is 22.7 Å². The van der Waals surface area contributed by atoms with Crippen LogP contribution in [0.4, 0.5) is 5.00 Å². The highest BCUT2D eigenvalue weighted by Crippen LogP contribution is 2.45. The number of nitrogens with zero attached hydrogens (tertiary/aromatic N) is 2. The number of rotatable bonds is 4. The number of nitrogens with one attached hydrogen (secondary N) is 1. The number of aromatic nitrogens is 1. The Labute approximate surface area is 193 Å². The number of anilines is 1. The van der Waals surface area contributed by atoms with E-state index in [-0.39, 0.29) is 11.8 Å².